The van der Waals surface area contributed by atoms with Gasteiger partial charge in [0, 0.05) is 35.4 Å². The van der Waals surface area contributed by atoms with Crippen LogP contribution in [0, 0.1) is 19.7 Å². The van der Waals surface area contributed by atoms with Gasteiger partial charge in [-0.2, -0.15) is 4.57 Å². The molecule has 0 aliphatic rings. The molecule has 2 N–H and O–H groups in total. The molecule has 0 aliphatic carbocycles. The molecule has 2 aromatic carbocycles. The third-order valence-corrected chi connectivity index (χ3v) is 10.7. The van der Waals surface area contributed by atoms with Crippen LogP contribution in [0.5, 0.6) is 0 Å². The molecule has 6 heterocycles. The number of aryl methyl sites for hydroxylation is 2. The summed E-state index contributed by atoms with van der Waals surface area (Å²) in [5.74, 6) is 1.29. The molecule has 2 unspecified atom stereocenters. The Morgan fingerprint density at radius 2 is 1.56 bits per heavy atom. The molecular weight excluding hydrogens is 668 g/mol. The maximum Gasteiger partial charge on any atom is 0.239 e. The zero-order valence-corrected chi connectivity index (χ0v) is 29.5. The average Bonchev–Trinajstić information content (AvgIpc) is 3.95. The summed E-state index contributed by atoms with van der Waals surface area (Å²) in [5, 5.41) is 12.2. The minimum absolute atomic E-state index is 0.0525. The first-order valence-electron chi connectivity index (χ1n) is 16.3. The van der Waals surface area contributed by atoms with Gasteiger partial charge >= 0.3 is 0 Å². The van der Waals surface area contributed by atoms with Gasteiger partial charge in [0.1, 0.15) is 28.2 Å². The highest BCUT2D eigenvalue weighted by Crippen LogP contribution is 2.34. The molecule has 0 aliphatic heterocycles. The van der Waals surface area contributed by atoms with Crippen molar-refractivity contribution in [1.29, 1.82) is 0 Å². The van der Waals surface area contributed by atoms with Gasteiger partial charge in [-0.1, -0.05) is 41.4 Å². The molecule has 0 amide bonds. The number of hydrogen-bond donors (Lipinski definition) is 2. The Morgan fingerprint density at radius 3 is 2.26 bits per heavy atom. The highest BCUT2D eigenvalue weighted by Gasteiger charge is 2.24. The minimum atomic E-state index is -0.349. The Morgan fingerprint density at radius 1 is 0.820 bits per heavy atom. The lowest BCUT2D eigenvalue weighted by molar-refractivity contribution is -0.578. The van der Waals surface area contributed by atoms with E-state index in [1.807, 2.05) is 61.0 Å². The predicted molar refractivity (Wildman–Crippen MR) is 197 cm³/mol. The SMILES string of the molecule is CCC(Nc1c2ccsc2nc[n+]1-c1cc2c(NC(C)c3ccc(-n4cnc(C)c4)cc3F)ncnc2s1)c1ccc(-n2cnc(C)c2)cc1. The number of fused-ring (bicyclic) bond motifs is 2. The van der Waals surface area contributed by atoms with E-state index >= 15 is 4.39 Å². The Labute approximate surface area is 296 Å². The van der Waals surface area contributed by atoms with E-state index in [1.54, 1.807) is 41.4 Å². The molecule has 8 rings (SSSR count). The monoisotopic (exact) mass is 701 g/mol. The van der Waals surface area contributed by atoms with Crippen molar-refractivity contribution in [2.24, 2.45) is 0 Å². The van der Waals surface area contributed by atoms with Crippen molar-refractivity contribution in [3.8, 4) is 16.4 Å². The van der Waals surface area contributed by atoms with Gasteiger partial charge in [0.25, 0.3) is 0 Å². The summed E-state index contributed by atoms with van der Waals surface area (Å²) >= 11 is 3.17. The first kappa shape index (κ1) is 31.7. The molecule has 250 valence electrons. The second kappa shape index (κ2) is 13.1. The number of halogens is 1. The van der Waals surface area contributed by atoms with Crippen molar-refractivity contribution in [2.75, 3.05) is 10.6 Å². The number of imidazole rings is 2. The van der Waals surface area contributed by atoms with E-state index in [0.717, 1.165) is 60.4 Å². The second-order valence-electron chi connectivity index (χ2n) is 12.2. The summed E-state index contributed by atoms with van der Waals surface area (Å²) in [6, 6.07) is 17.7. The predicted octanol–water partition coefficient (Wildman–Crippen LogP) is 8.44. The fourth-order valence-electron chi connectivity index (χ4n) is 6.17. The number of thiophene rings is 2. The standard InChI is InChI=1S/C37H33FN10S2/c1-5-32(25-6-8-26(9-7-25)46-16-22(2)41-19-46)45-35-29-12-13-49-36(29)43-21-48(35)33-15-30-34(39-18-40-37(30)50-33)44-24(4)28-11-10-27(14-31(28)38)47-17-23(3)42-20-47/h6-21,24,32H,5H2,1-4H3,(H,39,40,44)/p+1. The van der Waals surface area contributed by atoms with Crippen molar-refractivity contribution in [3.05, 3.63) is 126 Å². The molecule has 0 fully saturated rings. The Kier molecular flexibility index (Phi) is 8.29. The van der Waals surface area contributed by atoms with Crippen molar-refractivity contribution in [1.82, 2.24) is 34.1 Å². The van der Waals surface area contributed by atoms with E-state index < -0.39 is 0 Å². The third kappa shape index (κ3) is 5.98. The molecule has 2 atom stereocenters. The number of nitrogens with one attached hydrogen (secondary N) is 2. The number of aromatic nitrogens is 8. The van der Waals surface area contributed by atoms with E-state index in [4.69, 9.17) is 4.98 Å². The highest BCUT2D eigenvalue weighted by molar-refractivity contribution is 7.20. The van der Waals surface area contributed by atoms with E-state index in [1.165, 1.54) is 11.6 Å². The third-order valence-electron chi connectivity index (χ3n) is 8.82. The number of benzene rings is 2. The smallest absolute Gasteiger partial charge is 0.239 e. The van der Waals surface area contributed by atoms with Crippen LogP contribution in [-0.2, 0) is 0 Å². The topological polar surface area (TPSA) is 102 Å². The van der Waals surface area contributed by atoms with Crippen LogP contribution in [0.2, 0.25) is 0 Å². The van der Waals surface area contributed by atoms with Crippen molar-refractivity contribution in [3.63, 3.8) is 0 Å². The van der Waals surface area contributed by atoms with E-state index in [0.29, 0.717) is 11.4 Å². The number of anilines is 2. The lowest BCUT2D eigenvalue weighted by Gasteiger charge is -2.17. The minimum Gasteiger partial charge on any atom is -0.363 e. The van der Waals surface area contributed by atoms with E-state index in [9.17, 15) is 0 Å². The van der Waals surface area contributed by atoms with Gasteiger partial charge in [-0.05, 0) is 68.5 Å². The lowest BCUT2D eigenvalue weighted by Crippen LogP contribution is -2.35. The number of hydrogen-bond acceptors (Lipinski definition) is 9. The van der Waals surface area contributed by atoms with Crippen LogP contribution in [-0.4, -0.2) is 34.1 Å². The van der Waals surface area contributed by atoms with Gasteiger partial charge in [0.2, 0.25) is 17.0 Å². The first-order valence-corrected chi connectivity index (χ1v) is 18.0. The lowest BCUT2D eigenvalue weighted by atomic mass is 10.0. The van der Waals surface area contributed by atoms with Gasteiger partial charge in [-0.3, -0.25) is 5.32 Å². The summed E-state index contributed by atoms with van der Waals surface area (Å²) in [6.07, 6.45) is 11.7. The van der Waals surface area contributed by atoms with Gasteiger partial charge in [0.05, 0.1) is 41.5 Å². The van der Waals surface area contributed by atoms with E-state index in [-0.39, 0.29) is 17.9 Å². The molecule has 0 saturated heterocycles. The van der Waals surface area contributed by atoms with Crippen molar-refractivity contribution >= 4 is 54.7 Å². The summed E-state index contributed by atoms with van der Waals surface area (Å²) in [4.78, 5) is 24.4. The maximum absolute atomic E-state index is 15.4. The van der Waals surface area contributed by atoms with Crippen LogP contribution in [0.3, 0.4) is 0 Å². The van der Waals surface area contributed by atoms with Gasteiger partial charge in [0.15, 0.2) is 5.00 Å². The molecule has 0 radical (unpaired) electrons. The fraction of sp³-hybridized carbons (Fsp3) is 0.189. The summed E-state index contributed by atoms with van der Waals surface area (Å²) in [6.45, 7) is 8.01. The van der Waals surface area contributed by atoms with Gasteiger partial charge in [-0.15, -0.1) is 11.3 Å². The van der Waals surface area contributed by atoms with Crippen molar-refractivity contribution < 1.29 is 8.96 Å². The zero-order valence-electron chi connectivity index (χ0n) is 27.9. The molecular formula is C37H34FN10S2+. The number of nitrogens with zero attached hydrogens (tertiary/aromatic N) is 8. The molecule has 0 saturated carbocycles. The molecule has 0 spiro atoms. The average molecular weight is 702 g/mol. The fourth-order valence-corrected chi connectivity index (χ4v) is 7.88. The van der Waals surface area contributed by atoms with Crippen LogP contribution in [0.1, 0.15) is 54.9 Å². The van der Waals surface area contributed by atoms with Crippen LogP contribution >= 0.6 is 22.7 Å². The second-order valence-corrected chi connectivity index (χ2v) is 14.1. The first-order chi connectivity index (χ1) is 24.3. The maximum atomic E-state index is 15.4. The summed E-state index contributed by atoms with van der Waals surface area (Å²) in [5.41, 5.74) is 5.36. The van der Waals surface area contributed by atoms with Gasteiger partial charge < -0.3 is 14.5 Å². The molecule has 10 nitrogen and oxygen atoms in total. The van der Waals surface area contributed by atoms with Crippen LogP contribution in [0.25, 0.3) is 36.8 Å². The molecule has 13 heteroatoms. The van der Waals surface area contributed by atoms with Crippen LogP contribution < -0.4 is 15.2 Å². The molecule has 0 bridgehead atoms. The Hall–Kier alpha value is -5.53. The quantitative estimate of drug-likeness (QED) is 0.138. The van der Waals surface area contributed by atoms with Crippen molar-refractivity contribution in [2.45, 2.75) is 46.2 Å². The summed E-state index contributed by atoms with van der Waals surface area (Å²) in [7, 11) is 0. The molecule has 6 aromatic heterocycles. The summed E-state index contributed by atoms with van der Waals surface area (Å²) < 4.78 is 21.3. The van der Waals surface area contributed by atoms with Crippen LogP contribution in [0.15, 0.2) is 97.7 Å². The Balaban J connectivity index is 1.10. The molecule has 50 heavy (non-hydrogen) atoms. The highest BCUT2D eigenvalue weighted by atomic mass is 32.1. The Bertz CT molecular complexity index is 2460. The zero-order chi connectivity index (χ0) is 34.4. The van der Waals surface area contributed by atoms with Crippen LogP contribution in [0.4, 0.5) is 16.0 Å². The molecule has 8 aromatic rings. The largest absolute Gasteiger partial charge is 0.363 e. The number of rotatable bonds is 10. The normalized spacial score (nSPS) is 12.8. The van der Waals surface area contributed by atoms with E-state index in [2.05, 4.69) is 83.8 Å². The van der Waals surface area contributed by atoms with Gasteiger partial charge in [-0.25, -0.2) is 24.3 Å².